The van der Waals surface area contributed by atoms with Gasteiger partial charge in [0.05, 0.1) is 6.04 Å². The Morgan fingerprint density at radius 2 is 2.07 bits per heavy atom. The molecule has 5 nitrogen and oxygen atoms in total. The summed E-state index contributed by atoms with van der Waals surface area (Å²) >= 11 is 0. The van der Waals surface area contributed by atoms with E-state index >= 15 is 0 Å². The number of hydrogen-bond donors (Lipinski definition) is 2. The van der Waals surface area contributed by atoms with E-state index in [0.717, 1.165) is 18.5 Å². The molecule has 0 radical (unpaired) electrons. The van der Waals surface area contributed by atoms with Gasteiger partial charge in [0, 0.05) is 31.2 Å². The third-order valence-corrected chi connectivity index (χ3v) is 4.81. The largest absolute Gasteiger partial charge is 0.355 e. The lowest BCUT2D eigenvalue weighted by molar-refractivity contribution is -0.125. The molecule has 148 valence electrons. The number of aryl methyl sites for hydroxylation is 1. The van der Waals surface area contributed by atoms with Gasteiger partial charge >= 0.3 is 0 Å². The Balaban J connectivity index is 2.06. The van der Waals surface area contributed by atoms with Crippen LogP contribution >= 0.6 is 0 Å². The number of carbonyl (C=O) groups excluding carboxylic acids is 2. The molecule has 0 bridgehead atoms. The molecule has 1 heterocycles. The van der Waals surface area contributed by atoms with Crippen LogP contribution in [-0.4, -0.2) is 48.4 Å². The Morgan fingerprint density at radius 3 is 2.74 bits per heavy atom. The predicted molar refractivity (Wildman–Crippen MR) is 105 cm³/mol. The molecule has 0 aliphatic carbocycles. The topological polar surface area (TPSA) is 61.4 Å². The molecule has 0 aromatic heterocycles. The molecule has 1 aliphatic heterocycles. The Morgan fingerprint density at radius 1 is 1.33 bits per heavy atom. The van der Waals surface area contributed by atoms with Crippen molar-refractivity contribution in [1.29, 1.82) is 0 Å². The lowest BCUT2D eigenvalue weighted by atomic mass is 10.1. The number of halogens is 1. The van der Waals surface area contributed by atoms with E-state index in [9.17, 15) is 14.0 Å². The van der Waals surface area contributed by atoms with E-state index in [2.05, 4.69) is 35.5 Å². The summed E-state index contributed by atoms with van der Waals surface area (Å²) < 4.78 is 13.5. The number of amides is 2. The molecule has 0 unspecified atom stereocenters. The average molecular weight is 375 g/mol. The predicted octanol–water partition coefficient (Wildman–Crippen LogP) is 2.80. The Hall–Kier alpha value is -2.21. The molecule has 1 aliphatic rings. The maximum atomic E-state index is 13.5. The van der Waals surface area contributed by atoms with E-state index in [1.807, 2.05) is 6.92 Å². The van der Waals surface area contributed by atoms with Crippen LogP contribution in [0.1, 0.15) is 49.5 Å². The van der Waals surface area contributed by atoms with E-state index in [4.69, 9.17) is 0 Å². The van der Waals surface area contributed by atoms with Crippen molar-refractivity contribution in [2.24, 2.45) is 0 Å². The molecule has 1 saturated heterocycles. The highest BCUT2D eigenvalue weighted by atomic mass is 19.1. The van der Waals surface area contributed by atoms with Crippen molar-refractivity contribution in [3.63, 3.8) is 0 Å². The molecule has 27 heavy (non-hydrogen) atoms. The second-order valence-corrected chi connectivity index (χ2v) is 7.34. The van der Waals surface area contributed by atoms with Crippen molar-refractivity contribution in [3.05, 3.63) is 46.8 Å². The Labute approximate surface area is 161 Å². The Bertz CT molecular complexity index is 713. The van der Waals surface area contributed by atoms with Crippen molar-refractivity contribution >= 4 is 11.8 Å². The second kappa shape index (κ2) is 9.65. The summed E-state index contributed by atoms with van der Waals surface area (Å²) in [6, 6.07) is 3.81. The molecule has 2 N–H and O–H groups in total. The maximum absolute atomic E-state index is 13.5. The first-order chi connectivity index (χ1) is 12.8. The van der Waals surface area contributed by atoms with Crippen LogP contribution in [0.3, 0.4) is 0 Å². The zero-order chi connectivity index (χ0) is 20.0. The van der Waals surface area contributed by atoms with Crippen LogP contribution < -0.4 is 10.6 Å². The van der Waals surface area contributed by atoms with Crippen LogP contribution in [-0.2, 0) is 4.79 Å². The maximum Gasteiger partial charge on any atom is 0.251 e. The zero-order valence-electron chi connectivity index (χ0n) is 16.6. The summed E-state index contributed by atoms with van der Waals surface area (Å²) in [5.74, 6) is -0.730. The number of nitrogens with one attached hydrogen (secondary N) is 2. The minimum atomic E-state index is -0.430. The first-order valence-corrected chi connectivity index (χ1v) is 9.54. The van der Waals surface area contributed by atoms with Gasteiger partial charge in [0.25, 0.3) is 5.91 Å². The highest BCUT2D eigenvalue weighted by Gasteiger charge is 2.36. The van der Waals surface area contributed by atoms with E-state index < -0.39 is 5.82 Å². The number of benzene rings is 1. The quantitative estimate of drug-likeness (QED) is 0.721. The fourth-order valence-electron chi connectivity index (χ4n) is 3.44. The first kappa shape index (κ1) is 21.1. The van der Waals surface area contributed by atoms with Crippen LogP contribution in [0.25, 0.3) is 0 Å². The van der Waals surface area contributed by atoms with Crippen molar-refractivity contribution in [2.75, 3.05) is 19.6 Å². The average Bonchev–Trinajstić information content (AvgIpc) is 2.99. The van der Waals surface area contributed by atoms with Gasteiger partial charge in [-0.05, 0) is 58.2 Å². The number of rotatable bonds is 7. The number of carbonyl (C=O) groups is 2. The number of hydrogen-bond acceptors (Lipinski definition) is 3. The summed E-state index contributed by atoms with van der Waals surface area (Å²) in [6.45, 7) is 9.73. The van der Waals surface area contributed by atoms with Gasteiger partial charge in [-0.25, -0.2) is 4.39 Å². The molecule has 1 aromatic carbocycles. The van der Waals surface area contributed by atoms with Crippen molar-refractivity contribution < 1.29 is 14.0 Å². The lowest BCUT2D eigenvalue weighted by Crippen LogP contribution is -2.43. The van der Waals surface area contributed by atoms with Crippen molar-refractivity contribution in [3.8, 4) is 0 Å². The second-order valence-electron chi connectivity index (χ2n) is 7.34. The zero-order valence-corrected chi connectivity index (χ0v) is 16.6. The van der Waals surface area contributed by atoms with Gasteiger partial charge in [-0.2, -0.15) is 0 Å². The number of nitrogens with zero attached hydrogens (tertiary/aromatic N) is 1. The van der Waals surface area contributed by atoms with Crippen LogP contribution in [0.15, 0.2) is 29.8 Å². The summed E-state index contributed by atoms with van der Waals surface area (Å²) in [4.78, 5) is 27.1. The van der Waals surface area contributed by atoms with Crippen LogP contribution in [0.2, 0.25) is 0 Å². The molecule has 6 heteroatoms. The van der Waals surface area contributed by atoms with E-state index in [0.29, 0.717) is 25.1 Å². The number of likely N-dealkylation sites (tertiary alicyclic amines) is 1. The van der Waals surface area contributed by atoms with Crippen LogP contribution in [0.5, 0.6) is 0 Å². The van der Waals surface area contributed by atoms with E-state index in [1.165, 1.54) is 17.7 Å². The molecule has 0 spiro atoms. The van der Waals surface area contributed by atoms with Crippen LogP contribution in [0.4, 0.5) is 4.39 Å². The first-order valence-electron chi connectivity index (χ1n) is 9.54. The van der Waals surface area contributed by atoms with Gasteiger partial charge in [0.15, 0.2) is 0 Å². The minimum Gasteiger partial charge on any atom is -0.355 e. The third-order valence-electron chi connectivity index (χ3n) is 4.81. The van der Waals surface area contributed by atoms with Gasteiger partial charge in [0.2, 0.25) is 5.91 Å². The summed E-state index contributed by atoms with van der Waals surface area (Å²) in [5.41, 5.74) is 2.32. The molecular weight excluding hydrogens is 345 g/mol. The fourth-order valence-corrected chi connectivity index (χ4v) is 3.44. The van der Waals surface area contributed by atoms with Crippen LogP contribution in [0, 0.1) is 12.7 Å². The van der Waals surface area contributed by atoms with E-state index in [1.54, 1.807) is 13.0 Å². The summed E-state index contributed by atoms with van der Waals surface area (Å²) in [7, 11) is 0. The molecule has 2 amide bonds. The van der Waals surface area contributed by atoms with Crippen molar-refractivity contribution in [2.45, 2.75) is 52.6 Å². The smallest absolute Gasteiger partial charge is 0.251 e. The molecular formula is C21H30FN3O2. The summed E-state index contributed by atoms with van der Waals surface area (Å²) in [5, 5.41) is 5.86. The standard InChI is InChI=1S/C21H30FN3O2/c1-5-23-21(27)19-12-17(13-25(19)10-6-7-14(2)3)24-20(26)18-11-16(22)9-8-15(18)4/h7-9,11,17,19H,5-6,10,12-13H2,1-4H3,(H,23,27)(H,24,26)/t17-,19-/m0/s1. The normalized spacial score (nSPS) is 19.6. The number of likely N-dealkylation sites (N-methyl/N-ethyl adjacent to an activating group) is 1. The van der Waals surface area contributed by atoms with Gasteiger partial charge in [-0.1, -0.05) is 17.7 Å². The molecule has 2 rings (SSSR count). The molecule has 0 saturated carbocycles. The Kier molecular flexibility index (Phi) is 7.54. The monoisotopic (exact) mass is 375 g/mol. The van der Waals surface area contributed by atoms with Gasteiger partial charge in [-0.3, -0.25) is 14.5 Å². The molecule has 2 atom stereocenters. The van der Waals surface area contributed by atoms with Gasteiger partial charge < -0.3 is 10.6 Å². The molecule has 1 fully saturated rings. The van der Waals surface area contributed by atoms with Crippen molar-refractivity contribution in [1.82, 2.24) is 15.5 Å². The number of allylic oxidation sites excluding steroid dienone is 1. The van der Waals surface area contributed by atoms with Gasteiger partial charge in [-0.15, -0.1) is 0 Å². The summed E-state index contributed by atoms with van der Waals surface area (Å²) in [6.07, 6.45) is 3.57. The third kappa shape index (κ3) is 5.89. The highest BCUT2D eigenvalue weighted by molar-refractivity contribution is 5.96. The SMILES string of the molecule is CCNC(=O)[C@@H]1C[C@H](NC(=O)c2cc(F)ccc2C)CN1CCC=C(C)C. The molecule has 1 aromatic rings. The fraction of sp³-hybridized carbons (Fsp3) is 0.524. The lowest BCUT2D eigenvalue weighted by Gasteiger charge is -2.22. The highest BCUT2D eigenvalue weighted by Crippen LogP contribution is 2.20. The van der Waals surface area contributed by atoms with E-state index in [-0.39, 0.29) is 23.9 Å². The minimum absolute atomic E-state index is 0.00612. The van der Waals surface area contributed by atoms with Gasteiger partial charge in [0.1, 0.15) is 5.82 Å².